The first-order valence-corrected chi connectivity index (χ1v) is 8.47. The van der Waals surface area contributed by atoms with Crippen molar-refractivity contribution in [3.63, 3.8) is 0 Å². The predicted octanol–water partition coefficient (Wildman–Crippen LogP) is 1.51. The van der Waals surface area contributed by atoms with Gasteiger partial charge in [-0.1, -0.05) is 12.6 Å². The summed E-state index contributed by atoms with van der Waals surface area (Å²) in [4.78, 5) is 0. The van der Waals surface area contributed by atoms with Gasteiger partial charge in [-0.2, -0.15) is 0 Å². The Balaban J connectivity index is 3.36. The SMILES string of the molecule is C[SiH](CCl)CCC([SiH3])(Cl)Cl. The number of hydrogen-bond donors (Lipinski definition) is 0. The largest absolute Gasteiger partial charge is 0.131 e. The summed E-state index contributed by atoms with van der Waals surface area (Å²) in [6.45, 7) is 2.24. The molecule has 0 aromatic heterocycles. The third-order valence-corrected chi connectivity index (χ3v) is 5.60. The molecule has 62 valence electrons. The van der Waals surface area contributed by atoms with E-state index in [-0.39, 0.29) is 0 Å². The first-order chi connectivity index (χ1) is 4.45. The Hall–Kier alpha value is 1.30. The zero-order valence-corrected chi connectivity index (χ0v) is 11.8. The maximum atomic E-state index is 5.84. The molecule has 0 aliphatic carbocycles. The highest BCUT2D eigenvalue weighted by atomic mass is 35.5. The summed E-state index contributed by atoms with van der Waals surface area (Å²) in [6, 6.07) is 1.17. The van der Waals surface area contributed by atoms with Gasteiger partial charge in [-0.05, 0) is 6.42 Å². The predicted molar refractivity (Wildman–Crippen MR) is 57.5 cm³/mol. The van der Waals surface area contributed by atoms with Crippen LogP contribution in [-0.2, 0) is 0 Å². The monoisotopic (exact) mass is 234 g/mol. The van der Waals surface area contributed by atoms with E-state index in [1.807, 2.05) is 0 Å². The zero-order chi connectivity index (χ0) is 8.20. The molecule has 0 N–H and O–H groups in total. The summed E-state index contributed by atoms with van der Waals surface area (Å²) in [5.74, 6) is 0. The Morgan fingerprint density at radius 1 is 1.50 bits per heavy atom. The van der Waals surface area contributed by atoms with E-state index in [4.69, 9.17) is 34.8 Å². The summed E-state index contributed by atoms with van der Waals surface area (Å²) >= 11 is 17.3. The van der Waals surface area contributed by atoms with Crippen molar-refractivity contribution in [3.8, 4) is 0 Å². The van der Waals surface area contributed by atoms with Crippen molar-refractivity contribution >= 4 is 53.8 Å². The molecule has 5 heteroatoms. The lowest BCUT2D eigenvalue weighted by Gasteiger charge is -2.14. The minimum absolute atomic E-state index is 0.409. The summed E-state index contributed by atoms with van der Waals surface area (Å²) in [5.41, 5.74) is 0.839. The van der Waals surface area contributed by atoms with Crippen LogP contribution in [0.3, 0.4) is 0 Å². The standard InChI is InChI=1S/C5H13Cl3Si2/c1-10(4-6)3-2-5(7,8)9/h10H,2-4H2,1,9H3. The van der Waals surface area contributed by atoms with E-state index in [9.17, 15) is 0 Å². The number of rotatable bonds is 4. The van der Waals surface area contributed by atoms with Crippen LogP contribution in [-0.4, -0.2) is 28.5 Å². The van der Waals surface area contributed by atoms with Crippen LogP contribution in [0, 0.1) is 0 Å². The molecule has 0 amide bonds. The summed E-state index contributed by atoms with van der Waals surface area (Å²) in [5, 5.41) is 0. The molecule has 0 spiro atoms. The molecule has 0 saturated heterocycles. The van der Waals surface area contributed by atoms with E-state index >= 15 is 0 Å². The van der Waals surface area contributed by atoms with Crippen molar-refractivity contribution < 1.29 is 0 Å². The molecule has 0 heterocycles. The van der Waals surface area contributed by atoms with Gasteiger partial charge in [0, 0.05) is 15.7 Å². The first kappa shape index (κ1) is 11.3. The van der Waals surface area contributed by atoms with Gasteiger partial charge < -0.3 is 0 Å². The fraction of sp³-hybridized carbons (Fsp3) is 1.00. The number of halogens is 3. The topological polar surface area (TPSA) is 0 Å². The molecule has 0 fully saturated rings. The maximum absolute atomic E-state index is 5.84. The van der Waals surface area contributed by atoms with Gasteiger partial charge in [0.2, 0.25) is 0 Å². The molecule has 1 unspecified atom stereocenters. The molecule has 0 nitrogen and oxygen atoms in total. The summed E-state index contributed by atoms with van der Waals surface area (Å²) in [7, 11) is 0.184. The van der Waals surface area contributed by atoms with Crippen molar-refractivity contribution in [2.24, 2.45) is 0 Å². The molecule has 0 aromatic rings. The van der Waals surface area contributed by atoms with Crippen molar-refractivity contribution in [1.29, 1.82) is 0 Å². The fourth-order valence-corrected chi connectivity index (χ4v) is 3.71. The minimum Gasteiger partial charge on any atom is -0.131 e. The Kier molecular flexibility index (Phi) is 5.70. The van der Waals surface area contributed by atoms with Crippen LogP contribution in [0.15, 0.2) is 0 Å². The van der Waals surface area contributed by atoms with Crippen LogP contribution >= 0.6 is 34.8 Å². The highest BCUT2D eigenvalue weighted by molar-refractivity contribution is 6.68. The second kappa shape index (κ2) is 5.04. The quantitative estimate of drug-likeness (QED) is 0.512. The average molecular weight is 236 g/mol. The summed E-state index contributed by atoms with van der Waals surface area (Å²) < 4.78 is -0.409. The zero-order valence-electron chi connectivity index (χ0n) is 6.33. The van der Waals surface area contributed by atoms with E-state index in [0.29, 0.717) is 0 Å². The van der Waals surface area contributed by atoms with Gasteiger partial charge in [-0.3, -0.25) is 0 Å². The van der Waals surface area contributed by atoms with E-state index in [1.165, 1.54) is 6.04 Å². The second-order valence-corrected chi connectivity index (χ2v) is 11.7. The van der Waals surface area contributed by atoms with E-state index in [2.05, 4.69) is 6.55 Å². The molecular formula is C5H13Cl3Si2. The lowest BCUT2D eigenvalue weighted by atomic mass is 10.5. The molecule has 0 saturated carbocycles. The first-order valence-electron chi connectivity index (χ1n) is 3.39. The van der Waals surface area contributed by atoms with E-state index in [0.717, 1.165) is 22.2 Å². The number of alkyl halides is 3. The molecular weight excluding hydrogens is 223 g/mol. The Morgan fingerprint density at radius 3 is 2.30 bits per heavy atom. The van der Waals surface area contributed by atoms with Gasteiger partial charge in [-0.15, -0.1) is 34.8 Å². The van der Waals surface area contributed by atoms with Crippen molar-refractivity contribution in [2.45, 2.75) is 23.0 Å². The Morgan fingerprint density at radius 2 is 2.00 bits per heavy atom. The van der Waals surface area contributed by atoms with Crippen LogP contribution in [0.1, 0.15) is 6.42 Å². The highest BCUT2D eigenvalue weighted by Crippen LogP contribution is 2.23. The smallest absolute Gasteiger partial charge is 0.0969 e. The third-order valence-electron chi connectivity index (χ3n) is 1.34. The van der Waals surface area contributed by atoms with E-state index < -0.39 is 12.8 Å². The lowest BCUT2D eigenvalue weighted by molar-refractivity contribution is 0.956. The molecule has 0 rings (SSSR count). The van der Waals surface area contributed by atoms with Gasteiger partial charge in [0.1, 0.15) is 0 Å². The maximum Gasteiger partial charge on any atom is 0.0969 e. The normalized spacial score (nSPS) is 15.6. The molecule has 0 bridgehead atoms. The van der Waals surface area contributed by atoms with Crippen LogP contribution in [0.25, 0.3) is 0 Å². The molecule has 0 aliphatic heterocycles. The van der Waals surface area contributed by atoms with Crippen LogP contribution in [0.5, 0.6) is 0 Å². The van der Waals surface area contributed by atoms with Gasteiger partial charge >= 0.3 is 0 Å². The van der Waals surface area contributed by atoms with Gasteiger partial charge in [-0.25, -0.2) is 0 Å². The molecule has 0 radical (unpaired) electrons. The van der Waals surface area contributed by atoms with Gasteiger partial charge in [0.15, 0.2) is 0 Å². The van der Waals surface area contributed by atoms with Crippen LogP contribution in [0.4, 0.5) is 0 Å². The molecule has 1 atom stereocenters. The average Bonchev–Trinajstić information content (AvgIpc) is 1.81. The Bertz CT molecular complexity index is 91.4. The number of hydrogen-bond acceptors (Lipinski definition) is 0. The van der Waals surface area contributed by atoms with E-state index in [1.54, 1.807) is 0 Å². The van der Waals surface area contributed by atoms with Crippen molar-refractivity contribution in [2.75, 3.05) is 5.50 Å². The second-order valence-electron chi connectivity index (χ2n) is 2.87. The van der Waals surface area contributed by atoms with Crippen molar-refractivity contribution in [3.05, 3.63) is 0 Å². The van der Waals surface area contributed by atoms with Crippen LogP contribution < -0.4 is 0 Å². The lowest BCUT2D eigenvalue weighted by Crippen LogP contribution is -2.18. The summed E-state index contributed by atoms with van der Waals surface area (Å²) in [6.07, 6.45) is 0.933. The molecule has 10 heavy (non-hydrogen) atoms. The van der Waals surface area contributed by atoms with Gasteiger partial charge in [0.05, 0.1) is 12.8 Å². The van der Waals surface area contributed by atoms with Crippen LogP contribution in [0.2, 0.25) is 12.6 Å². The molecule has 0 aliphatic rings. The third kappa shape index (κ3) is 7.41. The fourth-order valence-electron chi connectivity index (χ4n) is 0.577. The highest BCUT2D eigenvalue weighted by Gasteiger charge is 2.17. The molecule has 0 aromatic carbocycles. The van der Waals surface area contributed by atoms with Crippen molar-refractivity contribution in [1.82, 2.24) is 0 Å². The van der Waals surface area contributed by atoms with Gasteiger partial charge in [0.25, 0.3) is 0 Å². The minimum atomic E-state index is -0.662. The Labute approximate surface area is 82.3 Å².